The molecule has 0 radical (unpaired) electrons. The van der Waals surface area contributed by atoms with Gasteiger partial charge in [0.1, 0.15) is 0 Å². The summed E-state index contributed by atoms with van der Waals surface area (Å²) in [6.45, 7) is 4.51. The van der Waals surface area contributed by atoms with Gasteiger partial charge < -0.3 is 10.6 Å². The van der Waals surface area contributed by atoms with Gasteiger partial charge in [0, 0.05) is 25.8 Å². The number of amides is 2. The zero-order chi connectivity index (χ0) is 9.40. The van der Waals surface area contributed by atoms with E-state index in [0.717, 1.165) is 0 Å². The average Bonchev–Trinajstić information content (AvgIpc) is 1.98. The first-order valence-electron chi connectivity index (χ1n) is 3.82. The first-order valence-corrected chi connectivity index (χ1v) is 4.80. The van der Waals surface area contributed by atoms with Gasteiger partial charge in [-0.2, -0.15) is 0 Å². The van der Waals surface area contributed by atoms with Crippen molar-refractivity contribution in [2.75, 3.05) is 18.8 Å². The Morgan fingerprint density at radius 3 is 2.50 bits per heavy atom. The number of nitrogens with one attached hydrogen (secondary N) is 2. The molecule has 0 heterocycles. The number of rotatable bonds is 4. The molecule has 0 aliphatic heterocycles. The third-order valence-electron chi connectivity index (χ3n) is 1.03. The molecule has 5 heteroatoms. The third kappa shape index (κ3) is 7.40. The molecular weight excluding hydrogens is 176 g/mol. The Morgan fingerprint density at radius 1 is 1.33 bits per heavy atom. The zero-order valence-electron chi connectivity index (χ0n) is 7.35. The molecule has 0 bridgehead atoms. The maximum Gasteiger partial charge on any atom is 0.279 e. The van der Waals surface area contributed by atoms with Crippen molar-refractivity contribution in [2.24, 2.45) is 0 Å². The second-order valence-corrected chi connectivity index (χ2v) is 3.22. The van der Waals surface area contributed by atoms with Gasteiger partial charge in [-0.05, 0) is 6.92 Å². The predicted molar refractivity (Wildman–Crippen MR) is 50.2 cm³/mol. The van der Waals surface area contributed by atoms with Crippen LogP contribution in [0.4, 0.5) is 4.79 Å². The van der Waals surface area contributed by atoms with Crippen molar-refractivity contribution >= 4 is 22.9 Å². The van der Waals surface area contributed by atoms with Crippen LogP contribution < -0.4 is 10.6 Å². The molecule has 0 fully saturated rings. The van der Waals surface area contributed by atoms with Crippen molar-refractivity contribution in [1.82, 2.24) is 10.6 Å². The molecule has 0 aliphatic carbocycles. The molecular formula is C7H14N2O2S. The molecule has 0 aromatic rings. The predicted octanol–water partition coefficient (Wildman–Crippen LogP) is 0.585. The lowest BCUT2D eigenvalue weighted by atomic mass is 10.6. The number of thioether (sulfide) groups is 1. The Morgan fingerprint density at radius 2 is 2.00 bits per heavy atom. The van der Waals surface area contributed by atoms with Crippen molar-refractivity contribution in [3.63, 3.8) is 0 Å². The van der Waals surface area contributed by atoms with Crippen LogP contribution in [-0.2, 0) is 4.79 Å². The normalized spacial score (nSPS) is 9.17. The van der Waals surface area contributed by atoms with E-state index in [9.17, 15) is 9.59 Å². The minimum absolute atomic E-state index is 0.0390. The number of hydrogen-bond acceptors (Lipinski definition) is 3. The van der Waals surface area contributed by atoms with Crippen molar-refractivity contribution < 1.29 is 9.59 Å². The molecule has 12 heavy (non-hydrogen) atoms. The average molecular weight is 190 g/mol. The van der Waals surface area contributed by atoms with Crippen LogP contribution in [0.3, 0.4) is 0 Å². The van der Waals surface area contributed by atoms with Crippen molar-refractivity contribution in [1.29, 1.82) is 0 Å². The summed E-state index contributed by atoms with van der Waals surface area (Å²) in [7, 11) is 0. The second-order valence-electron chi connectivity index (χ2n) is 2.15. The highest BCUT2D eigenvalue weighted by molar-refractivity contribution is 8.13. The van der Waals surface area contributed by atoms with E-state index in [1.54, 1.807) is 0 Å². The highest BCUT2D eigenvalue weighted by Gasteiger charge is 1.98. The topological polar surface area (TPSA) is 58.2 Å². The number of carbonyl (C=O) groups excluding carboxylic acids is 2. The van der Waals surface area contributed by atoms with Crippen LogP contribution in [0.1, 0.15) is 13.8 Å². The monoisotopic (exact) mass is 190 g/mol. The first-order chi connectivity index (χ1) is 5.66. The number of hydrogen-bond donors (Lipinski definition) is 2. The molecule has 0 aliphatic rings. The van der Waals surface area contributed by atoms with Gasteiger partial charge in [-0.1, -0.05) is 11.8 Å². The maximum atomic E-state index is 10.8. The van der Waals surface area contributed by atoms with Gasteiger partial charge in [0.2, 0.25) is 5.91 Å². The van der Waals surface area contributed by atoms with E-state index in [1.807, 2.05) is 6.92 Å². The Balaban J connectivity index is 3.19. The van der Waals surface area contributed by atoms with Gasteiger partial charge in [-0.15, -0.1) is 0 Å². The minimum Gasteiger partial charge on any atom is -0.356 e. The van der Waals surface area contributed by atoms with E-state index in [0.29, 0.717) is 18.8 Å². The fraction of sp³-hybridized carbons (Fsp3) is 0.714. The molecule has 0 saturated carbocycles. The van der Waals surface area contributed by atoms with Crippen LogP contribution >= 0.6 is 11.8 Å². The van der Waals surface area contributed by atoms with Gasteiger partial charge in [0.15, 0.2) is 0 Å². The number of carbonyl (C=O) groups is 2. The minimum atomic E-state index is -0.0634. The molecule has 70 valence electrons. The van der Waals surface area contributed by atoms with Gasteiger partial charge >= 0.3 is 0 Å². The molecule has 0 unspecified atom stereocenters. The largest absolute Gasteiger partial charge is 0.356 e. The molecule has 2 N–H and O–H groups in total. The lowest BCUT2D eigenvalue weighted by Gasteiger charge is -2.01. The fourth-order valence-corrected chi connectivity index (χ4v) is 1.20. The molecule has 0 rings (SSSR count). The fourth-order valence-electron chi connectivity index (χ4n) is 0.566. The summed E-state index contributed by atoms with van der Waals surface area (Å²) < 4.78 is 0. The Bertz CT molecular complexity index is 161. The van der Waals surface area contributed by atoms with Crippen molar-refractivity contribution in [3.05, 3.63) is 0 Å². The Kier molecular flexibility index (Phi) is 6.55. The summed E-state index contributed by atoms with van der Waals surface area (Å²) in [6.07, 6.45) is 0. The van der Waals surface area contributed by atoms with Crippen molar-refractivity contribution in [3.8, 4) is 0 Å². The zero-order valence-corrected chi connectivity index (χ0v) is 8.16. The smallest absolute Gasteiger partial charge is 0.279 e. The maximum absolute atomic E-state index is 10.8. The van der Waals surface area contributed by atoms with E-state index < -0.39 is 0 Å². The van der Waals surface area contributed by atoms with Crippen LogP contribution in [0, 0.1) is 0 Å². The summed E-state index contributed by atoms with van der Waals surface area (Å²) in [6, 6.07) is 0. The molecule has 2 amide bonds. The van der Waals surface area contributed by atoms with Gasteiger partial charge in [-0.3, -0.25) is 9.59 Å². The molecule has 0 saturated heterocycles. The SMILES string of the molecule is CCNC(=O)SCCNC(C)=O. The van der Waals surface area contributed by atoms with Gasteiger partial charge in [0.25, 0.3) is 5.24 Å². The van der Waals surface area contributed by atoms with Crippen LogP contribution in [0.15, 0.2) is 0 Å². The third-order valence-corrected chi connectivity index (χ3v) is 1.85. The molecule has 0 atom stereocenters. The Hall–Kier alpha value is -0.710. The van der Waals surface area contributed by atoms with E-state index in [4.69, 9.17) is 0 Å². The lowest BCUT2D eigenvalue weighted by molar-refractivity contribution is -0.118. The molecule has 0 spiro atoms. The van der Waals surface area contributed by atoms with E-state index in [1.165, 1.54) is 18.7 Å². The first kappa shape index (κ1) is 11.3. The standard InChI is InChI=1S/C7H14N2O2S/c1-3-8-7(11)12-5-4-9-6(2)10/h3-5H2,1-2H3,(H,8,11)(H,9,10). The Labute approximate surface area is 76.5 Å². The highest BCUT2D eigenvalue weighted by atomic mass is 32.2. The second kappa shape index (κ2) is 6.97. The summed E-state index contributed by atoms with van der Waals surface area (Å²) >= 11 is 1.18. The van der Waals surface area contributed by atoms with Crippen LogP contribution in [0.5, 0.6) is 0 Å². The van der Waals surface area contributed by atoms with E-state index in [2.05, 4.69) is 10.6 Å². The van der Waals surface area contributed by atoms with Crippen LogP contribution in [-0.4, -0.2) is 30.0 Å². The van der Waals surface area contributed by atoms with E-state index >= 15 is 0 Å². The van der Waals surface area contributed by atoms with Crippen molar-refractivity contribution in [2.45, 2.75) is 13.8 Å². The van der Waals surface area contributed by atoms with Crippen LogP contribution in [0.25, 0.3) is 0 Å². The molecule has 0 aromatic heterocycles. The van der Waals surface area contributed by atoms with Gasteiger partial charge in [-0.25, -0.2) is 0 Å². The summed E-state index contributed by atoms with van der Waals surface area (Å²) in [5, 5.41) is 5.21. The lowest BCUT2D eigenvalue weighted by Crippen LogP contribution is -2.24. The summed E-state index contributed by atoms with van der Waals surface area (Å²) in [5.74, 6) is 0.553. The van der Waals surface area contributed by atoms with E-state index in [-0.39, 0.29) is 11.1 Å². The summed E-state index contributed by atoms with van der Waals surface area (Å²) in [5.41, 5.74) is 0. The summed E-state index contributed by atoms with van der Waals surface area (Å²) in [4.78, 5) is 21.2. The molecule has 0 aromatic carbocycles. The van der Waals surface area contributed by atoms with Crippen LogP contribution in [0.2, 0.25) is 0 Å². The quantitative estimate of drug-likeness (QED) is 0.638. The van der Waals surface area contributed by atoms with Gasteiger partial charge in [0.05, 0.1) is 0 Å². The molecule has 4 nitrogen and oxygen atoms in total. The highest BCUT2D eigenvalue weighted by Crippen LogP contribution is 1.98.